The van der Waals surface area contributed by atoms with Gasteiger partial charge in [0, 0.05) is 10.6 Å². The van der Waals surface area contributed by atoms with Crippen molar-refractivity contribution in [3.05, 3.63) is 92.7 Å². The highest BCUT2D eigenvalue weighted by Crippen LogP contribution is 2.35. The van der Waals surface area contributed by atoms with Crippen molar-refractivity contribution >= 4 is 47.1 Å². The smallest absolute Gasteiger partial charge is 0.331 e. The number of carbonyl (C=O) groups is 3. The maximum atomic E-state index is 13.4. The lowest BCUT2D eigenvalue weighted by molar-refractivity contribution is -0.130. The summed E-state index contributed by atoms with van der Waals surface area (Å²) in [4.78, 5) is 39.7. The lowest BCUT2D eigenvalue weighted by atomic mass is 10.1. The second-order valence-corrected chi connectivity index (χ2v) is 9.61. The van der Waals surface area contributed by atoms with Gasteiger partial charge in [0.25, 0.3) is 11.8 Å². The predicted octanol–water partition coefficient (Wildman–Crippen LogP) is 6.17. The number of barbiturate groups is 1. The van der Waals surface area contributed by atoms with Gasteiger partial charge < -0.3 is 14.2 Å². The molecule has 1 aliphatic rings. The van der Waals surface area contributed by atoms with Gasteiger partial charge in [-0.15, -0.1) is 0 Å². The van der Waals surface area contributed by atoms with Gasteiger partial charge in [0.15, 0.2) is 11.5 Å². The molecule has 0 bridgehead atoms. The molecule has 1 heterocycles. The highest BCUT2D eigenvalue weighted by Gasteiger charge is 2.36. The highest BCUT2D eigenvalue weighted by atomic mass is 35.5. The Bertz CT molecular complexity index is 1480. The van der Waals surface area contributed by atoms with Crippen LogP contribution in [0.25, 0.3) is 6.08 Å². The Hall–Kier alpha value is -4.08. The minimum atomic E-state index is -0.882. The summed E-state index contributed by atoms with van der Waals surface area (Å²) in [5, 5.41) is 2.56. The number of halogens is 3. The van der Waals surface area contributed by atoms with Crippen LogP contribution in [0.2, 0.25) is 10.0 Å². The summed E-state index contributed by atoms with van der Waals surface area (Å²) < 4.78 is 30.2. The Balaban J connectivity index is 1.62. The van der Waals surface area contributed by atoms with E-state index in [0.29, 0.717) is 29.2 Å². The maximum absolute atomic E-state index is 13.4. The number of carbonyl (C=O) groups excluding carboxylic acids is 3. The Labute approximate surface area is 240 Å². The van der Waals surface area contributed by atoms with Crippen molar-refractivity contribution in [1.82, 2.24) is 10.2 Å². The molecule has 4 amide bonds. The molecular formula is C29H25Cl2FN2O6. The van der Waals surface area contributed by atoms with E-state index in [2.05, 4.69) is 5.32 Å². The first kappa shape index (κ1) is 28.9. The lowest BCUT2D eigenvalue weighted by Crippen LogP contribution is -2.53. The van der Waals surface area contributed by atoms with E-state index in [1.54, 1.807) is 30.3 Å². The number of benzene rings is 3. The molecule has 1 fully saturated rings. The molecule has 1 saturated heterocycles. The molecule has 1 N–H and O–H groups in total. The molecule has 40 heavy (non-hydrogen) atoms. The first-order valence-corrected chi connectivity index (χ1v) is 13.0. The van der Waals surface area contributed by atoms with Gasteiger partial charge in [0.1, 0.15) is 23.7 Å². The predicted molar refractivity (Wildman–Crippen MR) is 148 cm³/mol. The van der Waals surface area contributed by atoms with Crippen LogP contribution >= 0.6 is 23.2 Å². The van der Waals surface area contributed by atoms with E-state index in [1.165, 1.54) is 37.5 Å². The largest absolute Gasteiger partial charge is 0.493 e. The summed E-state index contributed by atoms with van der Waals surface area (Å²) in [5.74, 6) is -0.964. The van der Waals surface area contributed by atoms with Gasteiger partial charge in [-0.05, 0) is 60.0 Å². The zero-order valence-electron chi connectivity index (χ0n) is 21.6. The number of hydrogen-bond acceptors (Lipinski definition) is 6. The van der Waals surface area contributed by atoms with E-state index in [0.717, 1.165) is 11.3 Å². The number of nitrogens with one attached hydrogen (secondary N) is 1. The van der Waals surface area contributed by atoms with Crippen LogP contribution in [0.4, 0.5) is 9.18 Å². The van der Waals surface area contributed by atoms with E-state index in [4.69, 9.17) is 37.4 Å². The molecule has 1 aliphatic heterocycles. The summed E-state index contributed by atoms with van der Waals surface area (Å²) in [6.45, 7) is 2.38. The van der Waals surface area contributed by atoms with E-state index >= 15 is 0 Å². The van der Waals surface area contributed by atoms with Crippen molar-refractivity contribution in [1.29, 1.82) is 0 Å². The SMILES string of the molecule is CCCOc1ccc(CN2C(=O)NC(=O)/C(=C\c3cc(Cl)cc(Cl)c3OCc3ccc(F)cc3)C2=O)cc1OC. The Morgan fingerprint density at radius 1 is 0.950 bits per heavy atom. The van der Waals surface area contributed by atoms with Crippen molar-refractivity contribution in [3.8, 4) is 17.2 Å². The van der Waals surface area contributed by atoms with Crippen LogP contribution < -0.4 is 19.5 Å². The molecule has 4 rings (SSSR count). The fraction of sp³-hybridized carbons (Fsp3) is 0.207. The van der Waals surface area contributed by atoms with E-state index in [9.17, 15) is 18.8 Å². The number of urea groups is 1. The molecule has 3 aromatic carbocycles. The zero-order chi connectivity index (χ0) is 28.8. The molecular weight excluding hydrogens is 562 g/mol. The third-order valence-corrected chi connectivity index (χ3v) is 6.35. The average Bonchev–Trinajstić information content (AvgIpc) is 2.92. The van der Waals surface area contributed by atoms with E-state index < -0.39 is 17.8 Å². The average molecular weight is 587 g/mol. The monoisotopic (exact) mass is 586 g/mol. The number of hydrogen-bond donors (Lipinski definition) is 1. The van der Waals surface area contributed by atoms with Crippen molar-refractivity contribution in [2.45, 2.75) is 26.5 Å². The minimum absolute atomic E-state index is 0.0301. The fourth-order valence-electron chi connectivity index (χ4n) is 3.89. The summed E-state index contributed by atoms with van der Waals surface area (Å²) in [6.07, 6.45) is 2.07. The van der Waals surface area contributed by atoms with Crippen molar-refractivity contribution in [2.24, 2.45) is 0 Å². The van der Waals surface area contributed by atoms with Crippen LogP contribution in [0, 0.1) is 5.82 Å². The fourth-order valence-corrected chi connectivity index (χ4v) is 4.46. The molecule has 0 aromatic heterocycles. The molecule has 8 nitrogen and oxygen atoms in total. The van der Waals surface area contributed by atoms with Gasteiger partial charge in [-0.2, -0.15) is 0 Å². The molecule has 0 atom stereocenters. The van der Waals surface area contributed by atoms with Crippen molar-refractivity contribution in [3.63, 3.8) is 0 Å². The number of ether oxygens (including phenoxy) is 3. The standard InChI is InChI=1S/C29H25Cl2FN2O6/c1-3-10-39-24-9-6-18(11-25(24)38-2)15-34-28(36)22(27(35)33-29(34)37)13-19-12-20(30)14-23(31)26(19)40-16-17-4-7-21(32)8-5-17/h4-9,11-14H,3,10,15-16H2,1-2H3,(H,33,35,37)/b22-13+. The first-order chi connectivity index (χ1) is 19.2. The molecule has 208 valence electrons. The minimum Gasteiger partial charge on any atom is -0.493 e. The molecule has 0 radical (unpaired) electrons. The third kappa shape index (κ3) is 6.73. The van der Waals surface area contributed by atoms with Crippen LogP contribution in [-0.2, 0) is 22.7 Å². The van der Waals surface area contributed by atoms with Crippen LogP contribution in [-0.4, -0.2) is 36.5 Å². The zero-order valence-corrected chi connectivity index (χ0v) is 23.1. The Morgan fingerprint density at radius 2 is 1.68 bits per heavy atom. The van der Waals surface area contributed by atoms with Gasteiger partial charge in [0.2, 0.25) is 0 Å². The number of rotatable bonds is 10. The topological polar surface area (TPSA) is 94.2 Å². The summed E-state index contributed by atoms with van der Waals surface area (Å²) >= 11 is 12.6. The van der Waals surface area contributed by atoms with Crippen LogP contribution in [0.1, 0.15) is 30.0 Å². The second-order valence-electron chi connectivity index (χ2n) is 8.76. The van der Waals surface area contributed by atoms with Gasteiger partial charge in [-0.3, -0.25) is 19.8 Å². The second kappa shape index (κ2) is 12.8. The van der Waals surface area contributed by atoms with Gasteiger partial charge in [0.05, 0.1) is 25.3 Å². The summed E-state index contributed by atoms with van der Waals surface area (Å²) in [7, 11) is 1.49. The normalized spacial score (nSPS) is 14.4. The van der Waals surface area contributed by atoms with Gasteiger partial charge in [-0.1, -0.05) is 48.3 Å². The van der Waals surface area contributed by atoms with Gasteiger partial charge in [-0.25, -0.2) is 9.18 Å². The van der Waals surface area contributed by atoms with Crippen LogP contribution in [0.5, 0.6) is 17.2 Å². The van der Waals surface area contributed by atoms with Crippen LogP contribution in [0.3, 0.4) is 0 Å². The van der Waals surface area contributed by atoms with E-state index in [1.807, 2.05) is 6.92 Å². The quantitative estimate of drug-likeness (QED) is 0.225. The summed E-state index contributed by atoms with van der Waals surface area (Å²) in [6, 6.07) is 12.8. The van der Waals surface area contributed by atoms with Crippen LogP contribution in [0.15, 0.2) is 60.2 Å². The Morgan fingerprint density at radius 3 is 2.38 bits per heavy atom. The molecule has 0 spiro atoms. The number of amides is 4. The highest BCUT2D eigenvalue weighted by molar-refractivity contribution is 6.36. The van der Waals surface area contributed by atoms with Gasteiger partial charge >= 0.3 is 6.03 Å². The molecule has 0 saturated carbocycles. The van der Waals surface area contributed by atoms with E-state index in [-0.39, 0.29) is 45.9 Å². The summed E-state index contributed by atoms with van der Waals surface area (Å²) in [5.41, 5.74) is 1.16. The molecule has 0 unspecified atom stereocenters. The van der Waals surface area contributed by atoms with Crippen molar-refractivity contribution in [2.75, 3.05) is 13.7 Å². The lowest BCUT2D eigenvalue weighted by Gasteiger charge is -2.27. The maximum Gasteiger partial charge on any atom is 0.331 e. The van der Waals surface area contributed by atoms with Crippen molar-refractivity contribution < 1.29 is 33.0 Å². The number of imide groups is 2. The molecule has 11 heteroatoms. The number of nitrogens with zero attached hydrogens (tertiary/aromatic N) is 1. The number of methoxy groups -OCH3 is 1. The molecule has 3 aromatic rings. The molecule has 0 aliphatic carbocycles. The Kier molecular flexibility index (Phi) is 9.29. The first-order valence-electron chi connectivity index (χ1n) is 12.2. The third-order valence-electron chi connectivity index (χ3n) is 5.85.